The van der Waals surface area contributed by atoms with Crippen LogP contribution >= 0.6 is 0 Å². The molecule has 0 saturated carbocycles. The minimum atomic E-state index is -1.01. The Balaban J connectivity index is 2.15. The monoisotopic (exact) mass is 204 g/mol. The summed E-state index contributed by atoms with van der Waals surface area (Å²) < 4.78 is 16.1. The van der Waals surface area contributed by atoms with Crippen LogP contribution in [0.25, 0.3) is 0 Å². The summed E-state index contributed by atoms with van der Waals surface area (Å²) in [5, 5.41) is 18.9. The van der Waals surface area contributed by atoms with Crippen molar-refractivity contribution in [1.82, 2.24) is 0 Å². The second-order valence-corrected chi connectivity index (χ2v) is 4.30. The number of fused-ring (bicyclic) bond motifs is 1. The van der Waals surface area contributed by atoms with Gasteiger partial charge in [0.05, 0.1) is 6.10 Å². The van der Waals surface area contributed by atoms with E-state index in [-0.39, 0.29) is 6.10 Å². The van der Waals surface area contributed by atoms with Gasteiger partial charge in [0, 0.05) is 0 Å². The maximum absolute atomic E-state index is 9.51. The third kappa shape index (κ3) is 1.55. The molecule has 2 unspecified atom stereocenters. The molecule has 0 amide bonds. The molecule has 2 fully saturated rings. The van der Waals surface area contributed by atoms with Crippen molar-refractivity contribution in [1.29, 1.82) is 0 Å². The zero-order chi connectivity index (χ0) is 10.5. The molecular formula is C9H16O5. The van der Waals surface area contributed by atoms with Gasteiger partial charge >= 0.3 is 0 Å². The number of aliphatic hydroxyl groups is 2. The van der Waals surface area contributed by atoms with Gasteiger partial charge in [-0.25, -0.2) is 0 Å². The van der Waals surface area contributed by atoms with Crippen LogP contribution in [0, 0.1) is 0 Å². The van der Waals surface area contributed by atoms with Crippen LogP contribution in [-0.2, 0) is 14.2 Å². The largest absolute Gasteiger partial charge is 0.391 e. The van der Waals surface area contributed by atoms with E-state index in [4.69, 9.17) is 14.2 Å². The van der Waals surface area contributed by atoms with Gasteiger partial charge in [0.25, 0.3) is 0 Å². The molecule has 0 aromatic rings. The van der Waals surface area contributed by atoms with Crippen molar-refractivity contribution >= 4 is 0 Å². The van der Waals surface area contributed by atoms with E-state index in [0.717, 1.165) is 0 Å². The lowest BCUT2D eigenvalue weighted by Gasteiger charge is -2.23. The van der Waals surface area contributed by atoms with Crippen molar-refractivity contribution in [2.75, 3.05) is 0 Å². The van der Waals surface area contributed by atoms with Crippen LogP contribution in [0.4, 0.5) is 0 Å². The van der Waals surface area contributed by atoms with Crippen LogP contribution in [-0.4, -0.2) is 46.7 Å². The van der Waals surface area contributed by atoms with Crippen molar-refractivity contribution in [3.05, 3.63) is 0 Å². The van der Waals surface area contributed by atoms with Gasteiger partial charge in [-0.15, -0.1) is 0 Å². The average Bonchev–Trinajstić information content (AvgIpc) is 2.47. The predicted octanol–water partition coefficient (Wildman–Crippen LogP) is -0.396. The molecule has 2 aliphatic rings. The second kappa shape index (κ2) is 3.15. The van der Waals surface area contributed by atoms with Gasteiger partial charge in [0.15, 0.2) is 12.1 Å². The molecule has 2 N–H and O–H groups in total. The number of rotatable bonds is 1. The van der Waals surface area contributed by atoms with E-state index in [1.54, 1.807) is 20.8 Å². The molecule has 82 valence electrons. The zero-order valence-corrected chi connectivity index (χ0v) is 8.51. The molecule has 5 atom stereocenters. The van der Waals surface area contributed by atoms with Gasteiger partial charge < -0.3 is 24.4 Å². The van der Waals surface area contributed by atoms with Crippen molar-refractivity contribution < 1.29 is 24.4 Å². The topological polar surface area (TPSA) is 68.2 Å². The molecule has 14 heavy (non-hydrogen) atoms. The van der Waals surface area contributed by atoms with Crippen molar-refractivity contribution in [3.63, 3.8) is 0 Å². The molecule has 2 aliphatic heterocycles. The number of aliphatic hydroxyl groups excluding tert-OH is 2. The Bertz CT molecular complexity index is 225. The van der Waals surface area contributed by atoms with Crippen molar-refractivity contribution in [2.45, 2.75) is 57.3 Å². The van der Waals surface area contributed by atoms with Crippen LogP contribution in [0.2, 0.25) is 0 Å². The lowest BCUT2D eigenvalue weighted by molar-refractivity contribution is -0.229. The van der Waals surface area contributed by atoms with Gasteiger partial charge in [-0.05, 0) is 20.8 Å². The van der Waals surface area contributed by atoms with Crippen LogP contribution in [0.15, 0.2) is 0 Å². The standard InChI is InChI=1S/C9H16O5/c1-4(10)5-6-7(8(11)12-5)14-9(2,3)13-6/h4-8,10-11H,1-3H3/t4?,5-,6-,7?,8+/m0/s1. The van der Waals surface area contributed by atoms with E-state index in [1.807, 2.05) is 0 Å². The first-order valence-corrected chi connectivity index (χ1v) is 4.78. The molecule has 5 nitrogen and oxygen atoms in total. The minimum absolute atomic E-state index is 0.389. The second-order valence-electron chi connectivity index (χ2n) is 4.30. The number of hydrogen-bond donors (Lipinski definition) is 2. The van der Waals surface area contributed by atoms with E-state index in [0.29, 0.717) is 0 Å². The van der Waals surface area contributed by atoms with E-state index in [2.05, 4.69) is 0 Å². The van der Waals surface area contributed by atoms with Crippen LogP contribution in [0.5, 0.6) is 0 Å². The van der Waals surface area contributed by atoms with Gasteiger partial charge in [-0.3, -0.25) is 0 Å². The summed E-state index contributed by atoms with van der Waals surface area (Å²) in [6.07, 6.45) is -3.10. The quantitative estimate of drug-likeness (QED) is 0.608. The molecule has 0 radical (unpaired) electrons. The highest BCUT2D eigenvalue weighted by atomic mass is 16.8. The summed E-state index contributed by atoms with van der Waals surface area (Å²) >= 11 is 0. The van der Waals surface area contributed by atoms with Gasteiger partial charge in [0.2, 0.25) is 0 Å². The third-order valence-electron chi connectivity index (χ3n) is 2.54. The fraction of sp³-hybridized carbons (Fsp3) is 1.00. The Morgan fingerprint density at radius 3 is 2.36 bits per heavy atom. The first-order chi connectivity index (χ1) is 6.41. The lowest BCUT2D eigenvalue weighted by Crippen LogP contribution is -2.36. The van der Waals surface area contributed by atoms with Crippen LogP contribution in [0.3, 0.4) is 0 Å². The number of ether oxygens (including phenoxy) is 3. The summed E-state index contributed by atoms with van der Waals surface area (Å²) in [6, 6.07) is 0. The first-order valence-electron chi connectivity index (χ1n) is 4.78. The van der Waals surface area contributed by atoms with E-state index >= 15 is 0 Å². The molecule has 0 bridgehead atoms. The maximum Gasteiger partial charge on any atom is 0.184 e. The SMILES string of the molecule is CC(O)[C@@H]1O[C@@H](O)C2OC(C)(C)O[C@H]21. The lowest BCUT2D eigenvalue weighted by atomic mass is 10.1. The summed E-state index contributed by atoms with van der Waals surface area (Å²) in [6.45, 7) is 5.16. The zero-order valence-electron chi connectivity index (χ0n) is 8.51. The first kappa shape index (κ1) is 10.3. The normalized spacial score (nSPS) is 47.8. The summed E-state index contributed by atoms with van der Waals surface area (Å²) in [4.78, 5) is 0. The minimum Gasteiger partial charge on any atom is -0.391 e. The van der Waals surface area contributed by atoms with Gasteiger partial charge in [-0.2, -0.15) is 0 Å². The molecule has 0 aromatic carbocycles. The third-order valence-corrected chi connectivity index (χ3v) is 2.54. The van der Waals surface area contributed by atoms with Crippen LogP contribution in [0.1, 0.15) is 20.8 Å². The Morgan fingerprint density at radius 1 is 1.21 bits per heavy atom. The summed E-state index contributed by atoms with van der Waals surface area (Å²) in [7, 11) is 0. The summed E-state index contributed by atoms with van der Waals surface area (Å²) in [5.41, 5.74) is 0. The van der Waals surface area contributed by atoms with Gasteiger partial charge in [0.1, 0.15) is 18.3 Å². The maximum atomic E-state index is 9.51. The smallest absolute Gasteiger partial charge is 0.184 e. The van der Waals surface area contributed by atoms with Gasteiger partial charge in [-0.1, -0.05) is 0 Å². The van der Waals surface area contributed by atoms with E-state index < -0.39 is 30.4 Å². The Hall–Kier alpha value is -0.200. The molecule has 0 spiro atoms. The van der Waals surface area contributed by atoms with Crippen LogP contribution < -0.4 is 0 Å². The van der Waals surface area contributed by atoms with Crippen molar-refractivity contribution in [3.8, 4) is 0 Å². The molecule has 2 saturated heterocycles. The number of hydrogen-bond acceptors (Lipinski definition) is 5. The highest BCUT2D eigenvalue weighted by Crippen LogP contribution is 2.38. The Kier molecular flexibility index (Phi) is 2.32. The molecular weight excluding hydrogens is 188 g/mol. The fourth-order valence-corrected chi connectivity index (χ4v) is 2.00. The van der Waals surface area contributed by atoms with E-state index in [9.17, 15) is 10.2 Å². The molecule has 5 heteroatoms. The Labute approximate surface area is 82.6 Å². The Morgan fingerprint density at radius 2 is 1.79 bits per heavy atom. The molecule has 2 rings (SSSR count). The molecule has 0 aliphatic carbocycles. The highest BCUT2D eigenvalue weighted by molar-refractivity contribution is 4.96. The average molecular weight is 204 g/mol. The van der Waals surface area contributed by atoms with Crippen molar-refractivity contribution in [2.24, 2.45) is 0 Å². The predicted molar refractivity (Wildman–Crippen MR) is 46.4 cm³/mol. The fourth-order valence-electron chi connectivity index (χ4n) is 2.00. The highest BCUT2D eigenvalue weighted by Gasteiger charge is 2.55. The van der Waals surface area contributed by atoms with E-state index in [1.165, 1.54) is 0 Å². The molecule has 2 heterocycles. The summed E-state index contributed by atoms with van der Waals surface area (Å²) in [5.74, 6) is -0.715. The molecule has 0 aromatic heterocycles.